The van der Waals surface area contributed by atoms with Gasteiger partial charge in [-0.2, -0.15) is 0 Å². The number of halogens is 2. The molecule has 0 aliphatic carbocycles. The van der Waals surface area contributed by atoms with Crippen molar-refractivity contribution in [2.24, 2.45) is 0 Å². The second kappa shape index (κ2) is 6.50. The molecule has 2 heterocycles. The molecular formula is C17H24F2N2O. The summed E-state index contributed by atoms with van der Waals surface area (Å²) in [6.07, 6.45) is 2.29. The predicted octanol–water partition coefficient (Wildman–Crippen LogP) is 2.59. The number of hydrogen-bond acceptors (Lipinski definition) is 3. The van der Waals surface area contributed by atoms with Gasteiger partial charge in [0.25, 0.3) is 0 Å². The van der Waals surface area contributed by atoms with Crippen LogP contribution in [0.4, 0.5) is 14.5 Å². The van der Waals surface area contributed by atoms with E-state index in [4.69, 9.17) is 0 Å². The molecule has 122 valence electrons. The lowest BCUT2D eigenvalue weighted by Crippen LogP contribution is -2.50. The highest BCUT2D eigenvalue weighted by Crippen LogP contribution is 2.31. The molecule has 2 aliphatic heterocycles. The average molecular weight is 310 g/mol. The van der Waals surface area contributed by atoms with Gasteiger partial charge in [0.05, 0.1) is 6.10 Å². The van der Waals surface area contributed by atoms with E-state index >= 15 is 4.39 Å². The molecule has 2 fully saturated rings. The standard InChI is InChI=1S/C17H24F2N2O/c18-14-1-3-15(4-2-14)21-11-7-17(19,8-12-21)13-20-9-5-16(22)6-10-20/h1-4,16,22H,5-13H2. The molecule has 0 aromatic heterocycles. The Bertz CT molecular complexity index is 478. The number of anilines is 1. The third-order valence-corrected chi connectivity index (χ3v) is 4.92. The molecule has 0 radical (unpaired) electrons. The molecule has 5 heteroatoms. The molecule has 1 N–H and O–H groups in total. The van der Waals surface area contributed by atoms with Gasteiger partial charge in [-0.05, 0) is 37.1 Å². The zero-order valence-corrected chi connectivity index (χ0v) is 12.8. The summed E-state index contributed by atoms with van der Waals surface area (Å²) >= 11 is 0. The summed E-state index contributed by atoms with van der Waals surface area (Å²) in [5.74, 6) is -0.243. The van der Waals surface area contributed by atoms with Gasteiger partial charge in [-0.25, -0.2) is 8.78 Å². The first-order valence-electron chi connectivity index (χ1n) is 8.14. The van der Waals surface area contributed by atoms with Gasteiger partial charge < -0.3 is 10.0 Å². The van der Waals surface area contributed by atoms with Crippen molar-refractivity contribution in [3.63, 3.8) is 0 Å². The van der Waals surface area contributed by atoms with Crippen LogP contribution in [0.3, 0.4) is 0 Å². The highest BCUT2D eigenvalue weighted by Gasteiger charge is 2.37. The van der Waals surface area contributed by atoms with Crippen LogP contribution in [0.15, 0.2) is 24.3 Å². The highest BCUT2D eigenvalue weighted by molar-refractivity contribution is 5.46. The van der Waals surface area contributed by atoms with E-state index in [-0.39, 0.29) is 11.9 Å². The van der Waals surface area contributed by atoms with Crippen molar-refractivity contribution in [2.75, 3.05) is 37.6 Å². The van der Waals surface area contributed by atoms with Crippen LogP contribution < -0.4 is 4.90 Å². The normalized spacial score (nSPS) is 23.7. The summed E-state index contributed by atoms with van der Waals surface area (Å²) in [6, 6.07) is 6.41. The van der Waals surface area contributed by atoms with Crippen molar-refractivity contribution in [1.82, 2.24) is 4.90 Å². The van der Waals surface area contributed by atoms with Crippen LogP contribution in [-0.4, -0.2) is 54.5 Å². The second-order valence-corrected chi connectivity index (χ2v) is 6.62. The Hall–Kier alpha value is -1.20. The highest BCUT2D eigenvalue weighted by atomic mass is 19.1. The lowest BCUT2D eigenvalue weighted by Gasteiger charge is -2.41. The SMILES string of the molecule is OC1CCN(CC2(F)CCN(c3ccc(F)cc3)CC2)CC1. The smallest absolute Gasteiger partial charge is 0.127 e. The van der Waals surface area contributed by atoms with Crippen molar-refractivity contribution < 1.29 is 13.9 Å². The molecule has 1 aromatic carbocycles. The van der Waals surface area contributed by atoms with Crippen LogP contribution in [0.1, 0.15) is 25.7 Å². The van der Waals surface area contributed by atoms with Crippen LogP contribution in [0, 0.1) is 5.82 Å². The number of hydrogen-bond donors (Lipinski definition) is 1. The van der Waals surface area contributed by atoms with E-state index in [9.17, 15) is 9.50 Å². The molecule has 0 unspecified atom stereocenters. The van der Waals surface area contributed by atoms with Crippen molar-refractivity contribution in [3.05, 3.63) is 30.1 Å². The van der Waals surface area contributed by atoms with Crippen LogP contribution >= 0.6 is 0 Å². The first-order chi connectivity index (χ1) is 10.5. The fourth-order valence-electron chi connectivity index (χ4n) is 3.45. The molecule has 0 amide bonds. The lowest BCUT2D eigenvalue weighted by atomic mass is 9.91. The molecule has 0 bridgehead atoms. The number of aliphatic hydroxyl groups is 1. The topological polar surface area (TPSA) is 26.7 Å². The van der Waals surface area contributed by atoms with Gasteiger partial charge in [-0.3, -0.25) is 4.90 Å². The van der Waals surface area contributed by atoms with E-state index in [0.29, 0.717) is 32.5 Å². The van der Waals surface area contributed by atoms with Crippen molar-refractivity contribution in [3.8, 4) is 0 Å². The number of piperidine rings is 2. The van der Waals surface area contributed by atoms with Gasteiger partial charge in [-0.1, -0.05) is 0 Å². The minimum atomic E-state index is -1.14. The maximum absolute atomic E-state index is 15.0. The Balaban J connectivity index is 1.52. The maximum atomic E-state index is 15.0. The molecule has 0 saturated carbocycles. The summed E-state index contributed by atoms with van der Waals surface area (Å²) in [7, 11) is 0. The minimum Gasteiger partial charge on any atom is -0.393 e. The Morgan fingerprint density at radius 1 is 1.05 bits per heavy atom. The second-order valence-electron chi connectivity index (χ2n) is 6.62. The van der Waals surface area contributed by atoms with Crippen molar-refractivity contribution in [1.29, 1.82) is 0 Å². The lowest BCUT2D eigenvalue weighted by molar-refractivity contribution is 0.0277. The summed E-state index contributed by atoms with van der Waals surface area (Å²) in [4.78, 5) is 4.26. The van der Waals surface area contributed by atoms with Gasteiger partial charge in [0.1, 0.15) is 11.5 Å². The first kappa shape index (κ1) is 15.7. The number of benzene rings is 1. The summed E-state index contributed by atoms with van der Waals surface area (Å²) in [6.45, 7) is 3.37. The van der Waals surface area contributed by atoms with Gasteiger partial charge in [0.2, 0.25) is 0 Å². The van der Waals surface area contributed by atoms with Crippen LogP contribution in [0.25, 0.3) is 0 Å². The number of aliphatic hydroxyl groups excluding tert-OH is 1. The molecule has 1 aromatic rings. The molecule has 3 rings (SSSR count). The van der Waals surface area contributed by atoms with E-state index in [1.54, 1.807) is 12.1 Å². The fourth-order valence-corrected chi connectivity index (χ4v) is 3.45. The summed E-state index contributed by atoms with van der Waals surface area (Å²) < 4.78 is 28.0. The third-order valence-electron chi connectivity index (χ3n) is 4.92. The molecule has 0 atom stereocenters. The van der Waals surface area contributed by atoms with Crippen molar-refractivity contribution >= 4 is 5.69 Å². The van der Waals surface area contributed by atoms with Crippen LogP contribution in [-0.2, 0) is 0 Å². The van der Waals surface area contributed by atoms with Crippen LogP contribution in [0.2, 0.25) is 0 Å². The minimum absolute atomic E-state index is 0.216. The van der Waals surface area contributed by atoms with Gasteiger partial charge in [-0.15, -0.1) is 0 Å². The summed E-state index contributed by atoms with van der Waals surface area (Å²) in [5, 5.41) is 9.52. The molecule has 2 aliphatic rings. The van der Waals surface area contributed by atoms with Crippen LogP contribution in [0.5, 0.6) is 0 Å². The molecule has 3 nitrogen and oxygen atoms in total. The monoisotopic (exact) mass is 310 g/mol. The van der Waals surface area contributed by atoms with E-state index < -0.39 is 5.67 Å². The number of likely N-dealkylation sites (tertiary alicyclic amines) is 1. The zero-order valence-electron chi connectivity index (χ0n) is 12.8. The Kier molecular flexibility index (Phi) is 4.64. The molecule has 22 heavy (non-hydrogen) atoms. The van der Waals surface area contributed by atoms with E-state index in [1.165, 1.54) is 12.1 Å². The number of rotatable bonds is 3. The summed E-state index contributed by atoms with van der Waals surface area (Å²) in [5.41, 5.74) is -0.178. The van der Waals surface area contributed by atoms with E-state index in [1.807, 2.05) is 0 Å². The predicted molar refractivity (Wildman–Crippen MR) is 83.4 cm³/mol. The van der Waals surface area contributed by atoms with Gasteiger partial charge in [0, 0.05) is 51.3 Å². The molecular weight excluding hydrogens is 286 g/mol. The Morgan fingerprint density at radius 2 is 1.64 bits per heavy atom. The number of nitrogens with zero attached hydrogens (tertiary/aromatic N) is 2. The fraction of sp³-hybridized carbons (Fsp3) is 0.647. The maximum Gasteiger partial charge on any atom is 0.127 e. The average Bonchev–Trinajstić information content (AvgIpc) is 2.51. The van der Waals surface area contributed by atoms with E-state index in [2.05, 4.69) is 9.80 Å². The third kappa shape index (κ3) is 3.76. The Labute approximate surface area is 130 Å². The Morgan fingerprint density at radius 3 is 2.23 bits per heavy atom. The van der Waals surface area contributed by atoms with Gasteiger partial charge >= 0.3 is 0 Å². The number of alkyl halides is 1. The first-order valence-corrected chi connectivity index (χ1v) is 8.14. The quantitative estimate of drug-likeness (QED) is 0.929. The van der Waals surface area contributed by atoms with Crippen molar-refractivity contribution in [2.45, 2.75) is 37.5 Å². The van der Waals surface area contributed by atoms with Gasteiger partial charge in [0.15, 0.2) is 0 Å². The molecule has 2 saturated heterocycles. The molecule has 0 spiro atoms. The zero-order chi connectivity index (χ0) is 15.6. The largest absolute Gasteiger partial charge is 0.393 e. The van der Waals surface area contributed by atoms with E-state index in [0.717, 1.165) is 31.6 Å².